The molecule has 0 spiro atoms. The summed E-state index contributed by atoms with van der Waals surface area (Å²) >= 11 is 0. The molecule has 4 rings (SSSR count). The van der Waals surface area contributed by atoms with Crippen LogP contribution in [0.4, 0.5) is 0 Å². The third kappa shape index (κ3) is 3.93. The predicted octanol–water partition coefficient (Wildman–Crippen LogP) is 4.00. The largest absolute Gasteiger partial charge is 0.381 e. The minimum absolute atomic E-state index is 0.277. The first-order valence-corrected chi connectivity index (χ1v) is 10.1. The van der Waals surface area contributed by atoms with E-state index < -0.39 is 5.41 Å². The average Bonchev–Trinajstić information content (AvgIpc) is 3.17. The van der Waals surface area contributed by atoms with Gasteiger partial charge in [0.05, 0.1) is 5.41 Å². The van der Waals surface area contributed by atoms with Gasteiger partial charge in [-0.1, -0.05) is 28.9 Å². The van der Waals surface area contributed by atoms with Crippen LogP contribution in [0.5, 0.6) is 0 Å². The van der Waals surface area contributed by atoms with Gasteiger partial charge in [-0.05, 0) is 45.1 Å². The molecule has 5 heteroatoms. The van der Waals surface area contributed by atoms with Crippen LogP contribution in [-0.2, 0) is 16.0 Å². The van der Waals surface area contributed by atoms with E-state index in [0.29, 0.717) is 19.6 Å². The molecule has 1 amide bonds. The van der Waals surface area contributed by atoms with Crippen LogP contribution in [0.2, 0.25) is 0 Å². The van der Waals surface area contributed by atoms with Crippen LogP contribution in [0.25, 0.3) is 11.3 Å². The van der Waals surface area contributed by atoms with Crippen molar-refractivity contribution in [1.29, 1.82) is 0 Å². The second kappa shape index (κ2) is 7.85. The lowest BCUT2D eigenvalue weighted by Crippen LogP contribution is -2.49. The summed E-state index contributed by atoms with van der Waals surface area (Å²) in [5.74, 6) is 1.07. The molecule has 0 atom stereocenters. The number of aryl methyl sites for hydroxylation is 1. The Kier molecular flexibility index (Phi) is 5.30. The fourth-order valence-corrected chi connectivity index (χ4v) is 4.33. The summed E-state index contributed by atoms with van der Waals surface area (Å²) in [5.41, 5.74) is 2.66. The highest BCUT2D eigenvalue weighted by molar-refractivity contribution is 5.83. The van der Waals surface area contributed by atoms with Crippen molar-refractivity contribution >= 4 is 5.91 Å². The molecule has 144 valence electrons. The van der Waals surface area contributed by atoms with E-state index in [-0.39, 0.29) is 5.91 Å². The van der Waals surface area contributed by atoms with Gasteiger partial charge in [-0.25, -0.2) is 0 Å². The molecule has 2 aromatic rings. The molecule has 1 aromatic heterocycles. The number of benzene rings is 1. The van der Waals surface area contributed by atoms with Crippen molar-refractivity contribution in [2.45, 2.75) is 45.4 Å². The summed E-state index contributed by atoms with van der Waals surface area (Å²) in [7, 11) is 0. The maximum atomic E-state index is 13.4. The molecule has 0 saturated carbocycles. The van der Waals surface area contributed by atoms with Crippen molar-refractivity contribution in [2.24, 2.45) is 5.41 Å². The van der Waals surface area contributed by atoms with Gasteiger partial charge in [0, 0.05) is 44.4 Å². The lowest BCUT2D eigenvalue weighted by Gasteiger charge is -2.40. The molecule has 27 heavy (non-hydrogen) atoms. The molecule has 5 nitrogen and oxygen atoms in total. The molecular formula is C22H28N2O3. The Morgan fingerprint density at radius 2 is 1.93 bits per heavy atom. The first kappa shape index (κ1) is 18.2. The summed E-state index contributed by atoms with van der Waals surface area (Å²) in [4.78, 5) is 15.5. The Morgan fingerprint density at radius 1 is 1.15 bits per heavy atom. The number of hydrogen-bond donors (Lipinski definition) is 0. The maximum Gasteiger partial charge on any atom is 0.229 e. The molecule has 3 heterocycles. The van der Waals surface area contributed by atoms with Gasteiger partial charge >= 0.3 is 0 Å². The van der Waals surface area contributed by atoms with Crippen molar-refractivity contribution in [3.05, 3.63) is 41.7 Å². The number of nitrogens with zero attached hydrogens (tertiary/aromatic N) is 2. The Morgan fingerprint density at radius 3 is 2.67 bits per heavy atom. The smallest absolute Gasteiger partial charge is 0.229 e. The highest BCUT2D eigenvalue weighted by atomic mass is 16.5. The fourth-order valence-electron chi connectivity index (χ4n) is 4.33. The van der Waals surface area contributed by atoms with Crippen molar-refractivity contribution in [3.63, 3.8) is 0 Å². The molecule has 0 unspecified atom stereocenters. The molecule has 2 aliphatic heterocycles. The van der Waals surface area contributed by atoms with Crippen LogP contribution >= 0.6 is 0 Å². The summed E-state index contributed by atoms with van der Waals surface area (Å²) in [6.07, 6.45) is 5.55. The van der Waals surface area contributed by atoms with Gasteiger partial charge in [0.1, 0.15) is 11.5 Å². The third-order valence-corrected chi connectivity index (χ3v) is 5.93. The maximum absolute atomic E-state index is 13.4. The lowest BCUT2D eigenvalue weighted by molar-refractivity contribution is -0.149. The van der Waals surface area contributed by atoms with Crippen molar-refractivity contribution in [3.8, 4) is 11.3 Å². The van der Waals surface area contributed by atoms with Crippen LogP contribution in [0.1, 0.15) is 43.4 Å². The molecule has 0 bridgehead atoms. The first-order chi connectivity index (χ1) is 13.2. The second-order valence-corrected chi connectivity index (χ2v) is 7.97. The topological polar surface area (TPSA) is 55.6 Å². The van der Waals surface area contributed by atoms with E-state index in [1.807, 2.05) is 18.2 Å². The molecular weight excluding hydrogens is 340 g/mol. The fraction of sp³-hybridized carbons (Fsp3) is 0.545. The van der Waals surface area contributed by atoms with Gasteiger partial charge in [-0.2, -0.15) is 0 Å². The van der Waals surface area contributed by atoms with Crippen molar-refractivity contribution < 1.29 is 14.1 Å². The van der Waals surface area contributed by atoms with Crippen molar-refractivity contribution in [2.75, 3.05) is 26.3 Å². The van der Waals surface area contributed by atoms with Gasteiger partial charge in [-0.15, -0.1) is 0 Å². The number of piperidine rings is 1. The molecule has 0 N–H and O–H groups in total. The molecule has 2 fully saturated rings. The average molecular weight is 368 g/mol. The standard InChI is InChI=1S/C22H28N2O3/c1-17-6-5-7-18(14-17)20-15-19(27-23-20)16-22(8-12-26-13-9-22)21(25)24-10-3-2-4-11-24/h5-7,14-15H,2-4,8-13,16H2,1H3. The number of ether oxygens (including phenoxy) is 1. The second-order valence-electron chi connectivity index (χ2n) is 7.97. The van der Waals surface area contributed by atoms with Crippen LogP contribution in [0.3, 0.4) is 0 Å². The molecule has 1 aromatic carbocycles. The van der Waals surface area contributed by atoms with Gasteiger partial charge in [0.2, 0.25) is 5.91 Å². The van der Waals surface area contributed by atoms with Crippen LogP contribution < -0.4 is 0 Å². The SMILES string of the molecule is Cc1cccc(-c2cc(CC3(C(=O)N4CCCCC4)CCOCC3)on2)c1. The van der Waals surface area contributed by atoms with Crippen molar-refractivity contribution in [1.82, 2.24) is 10.1 Å². The molecule has 0 radical (unpaired) electrons. The number of rotatable bonds is 4. The summed E-state index contributed by atoms with van der Waals surface area (Å²) in [6.45, 7) is 5.11. The van der Waals surface area contributed by atoms with E-state index in [2.05, 4.69) is 29.1 Å². The van der Waals surface area contributed by atoms with E-state index in [1.54, 1.807) is 0 Å². The zero-order valence-corrected chi connectivity index (χ0v) is 16.1. The lowest BCUT2D eigenvalue weighted by atomic mass is 9.75. The molecule has 0 aliphatic carbocycles. The van der Waals surface area contributed by atoms with E-state index >= 15 is 0 Å². The summed E-state index contributed by atoms with van der Waals surface area (Å²) in [5, 5.41) is 4.26. The van der Waals surface area contributed by atoms with Gasteiger partial charge < -0.3 is 14.2 Å². The number of likely N-dealkylation sites (tertiary alicyclic amines) is 1. The summed E-state index contributed by atoms with van der Waals surface area (Å²) < 4.78 is 11.2. The van der Waals surface area contributed by atoms with E-state index in [1.165, 1.54) is 12.0 Å². The molecule has 2 saturated heterocycles. The van der Waals surface area contributed by atoms with Crippen LogP contribution in [-0.4, -0.2) is 42.3 Å². The Labute approximate surface area is 160 Å². The van der Waals surface area contributed by atoms with Gasteiger partial charge in [0.15, 0.2) is 0 Å². The molecule has 2 aliphatic rings. The monoisotopic (exact) mass is 368 g/mol. The minimum atomic E-state index is -0.418. The number of hydrogen-bond acceptors (Lipinski definition) is 4. The Bertz CT molecular complexity index is 786. The Balaban J connectivity index is 1.56. The summed E-state index contributed by atoms with van der Waals surface area (Å²) in [6, 6.07) is 10.2. The normalized spacial score (nSPS) is 19.8. The van der Waals surface area contributed by atoms with Gasteiger partial charge in [0.25, 0.3) is 0 Å². The van der Waals surface area contributed by atoms with E-state index in [0.717, 1.165) is 55.8 Å². The zero-order chi connectivity index (χ0) is 18.7. The number of aromatic nitrogens is 1. The Hall–Kier alpha value is -2.14. The number of carbonyl (C=O) groups is 1. The van der Waals surface area contributed by atoms with Crippen LogP contribution in [0.15, 0.2) is 34.9 Å². The highest BCUT2D eigenvalue weighted by Crippen LogP contribution is 2.38. The van der Waals surface area contributed by atoms with Crippen LogP contribution in [0, 0.1) is 12.3 Å². The quantitative estimate of drug-likeness (QED) is 0.818. The van der Waals surface area contributed by atoms with Gasteiger partial charge in [-0.3, -0.25) is 4.79 Å². The highest BCUT2D eigenvalue weighted by Gasteiger charge is 2.43. The predicted molar refractivity (Wildman–Crippen MR) is 103 cm³/mol. The number of carbonyl (C=O) groups excluding carboxylic acids is 1. The van der Waals surface area contributed by atoms with E-state index in [4.69, 9.17) is 9.26 Å². The zero-order valence-electron chi connectivity index (χ0n) is 16.1. The first-order valence-electron chi connectivity index (χ1n) is 10.1. The van der Waals surface area contributed by atoms with E-state index in [9.17, 15) is 4.79 Å². The minimum Gasteiger partial charge on any atom is -0.381 e. The third-order valence-electron chi connectivity index (χ3n) is 5.93. The number of amides is 1.